The van der Waals surface area contributed by atoms with Crippen LogP contribution in [0.4, 0.5) is 10.5 Å². The molecule has 0 aliphatic carbocycles. The summed E-state index contributed by atoms with van der Waals surface area (Å²) in [4.78, 5) is 39.0. The number of halogens is 1. The molecule has 164 valence electrons. The quantitative estimate of drug-likeness (QED) is 0.682. The summed E-state index contributed by atoms with van der Waals surface area (Å²) in [6, 6.07) is 11.7. The van der Waals surface area contributed by atoms with E-state index in [0.29, 0.717) is 22.0 Å². The zero-order valence-electron chi connectivity index (χ0n) is 18.2. The van der Waals surface area contributed by atoms with Gasteiger partial charge in [-0.1, -0.05) is 56.6 Å². The molecule has 0 bridgehead atoms. The molecule has 0 saturated carbocycles. The van der Waals surface area contributed by atoms with E-state index >= 15 is 0 Å². The minimum atomic E-state index is -1.24. The molecule has 1 saturated heterocycles. The van der Waals surface area contributed by atoms with Gasteiger partial charge in [0, 0.05) is 5.69 Å². The highest BCUT2D eigenvalue weighted by Crippen LogP contribution is 2.31. The maximum atomic E-state index is 13.1. The number of imide groups is 1. The SMILES string of the molecule is COc1ccc(NC(=O)CN2C(=O)NC(C)(c3ccc(C(C)(C)C)cc3)C2=O)cc1Cl. The number of urea groups is 1. The first-order chi connectivity index (χ1) is 14.5. The molecule has 0 radical (unpaired) electrons. The Labute approximate surface area is 186 Å². The summed E-state index contributed by atoms with van der Waals surface area (Å²) >= 11 is 6.07. The molecule has 1 heterocycles. The first kappa shape index (κ1) is 22.6. The van der Waals surface area contributed by atoms with Crippen molar-refractivity contribution in [3.8, 4) is 5.75 Å². The van der Waals surface area contributed by atoms with E-state index in [4.69, 9.17) is 16.3 Å². The molecule has 7 nitrogen and oxygen atoms in total. The van der Waals surface area contributed by atoms with Gasteiger partial charge in [0.05, 0.1) is 12.1 Å². The third kappa shape index (κ3) is 4.51. The lowest BCUT2D eigenvalue weighted by molar-refractivity contribution is -0.133. The van der Waals surface area contributed by atoms with Gasteiger partial charge in [0.1, 0.15) is 17.8 Å². The number of anilines is 1. The molecule has 31 heavy (non-hydrogen) atoms. The molecular formula is C23H26ClN3O4. The number of nitrogens with zero attached hydrogens (tertiary/aromatic N) is 1. The van der Waals surface area contributed by atoms with E-state index in [1.807, 2.05) is 24.3 Å². The highest BCUT2D eigenvalue weighted by atomic mass is 35.5. The number of hydrogen-bond acceptors (Lipinski definition) is 4. The van der Waals surface area contributed by atoms with Gasteiger partial charge in [-0.05, 0) is 41.7 Å². The lowest BCUT2D eigenvalue weighted by Gasteiger charge is -2.24. The fraction of sp³-hybridized carbons (Fsp3) is 0.348. The largest absolute Gasteiger partial charge is 0.495 e. The van der Waals surface area contributed by atoms with Gasteiger partial charge >= 0.3 is 6.03 Å². The van der Waals surface area contributed by atoms with Crippen molar-refractivity contribution in [2.75, 3.05) is 19.0 Å². The number of methoxy groups -OCH3 is 1. The fourth-order valence-electron chi connectivity index (χ4n) is 3.43. The summed E-state index contributed by atoms with van der Waals surface area (Å²) in [6.07, 6.45) is 0. The predicted molar refractivity (Wildman–Crippen MR) is 119 cm³/mol. The molecule has 1 unspecified atom stereocenters. The van der Waals surface area contributed by atoms with E-state index in [1.54, 1.807) is 19.1 Å². The van der Waals surface area contributed by atoms with Crippen molar-refractivity contribution in [1.29, 1.82) is 0 Å². The third-order valence-corrected chi connectivity index (χ3v) is 5.64. The average Bonchev–Trinajstić information content (AvgIpc) is 2.91. The van der Waals surface area contributed by atoms with Crippen LogP contribution in [0.25, 0.3) is 0 Å². The van der Waals surface area contributed by atoms with Crippen molar-refractivity contribution >= 4 is 35.1 Å². The van der Waals surface area contributed by atoms with Crippen LogP contribution in [0.1, 0.15) is 38.8 Å². The Kier molecular flexibility index (Phi) is 6.00. The van der Waals surface area contributed by atoms with Crippen molar-refractivity contribution < 1.29 is 19.1 Å². The van der Waals surface area contributed by atoms with E-state index in [9.17, 15) is 14.4 Å². The van der Waals surface area contributed by atoms with Crippen LogP contribution in [-0.2, 0) is 20.5 Å². The summed E-state index contributed by atoms with van der Waals surface area (Å²) in [5.74, 6) is -0.525. The minimum Gasteiger partial charge on any atom is -0.495 e. The van der Waals surface area contributed by atoms with Crippen molar-refractivity contribution in [1.82, 2.24) is 10.2 Å². The zero-order valence-corrected chi connectivity index (χ0v) is 19.0. The Hall–Kier alpha value is -3.06. The van der Waals surface area contributed by atoms with Crippen molar-refractivity contribution in [3.05, 3.63) is 58.6 Å². The molecule has 1 aliphatic heterocycles. The van der Waals surface area contributed by atoms with E-state index in [2.05, 4.69) is 31.4 Å². The standard InChI is InChI=1S/C23H26ClN3O4/c1-22(2,3)14-6-8-15(9-7-14)23(4)20(29)27(21(30)26-23)13-19(28)25-16-10-11-18(31-5)17(24)12-16/h6-12H,13H2,1-5H3,(H,25,28)(H,26,30). The van der Waals surface area contributed by atoms with Gasteiger partial charge in [0.25, 0.3) is 5.91 Å². The molecule has 2 N–H and O–H groups in total. The smallest absolute Gasteiger partial charge is 0.325 e. The second kappa shape index (κ2) is 8.23. The van der Waals surface area contributed by atoms with Gasteiger partial charge in [-0.2, -0.15) is 0 Å². The average molecular weight is 444 g/mol. The highest BCUT2D eigenvalue weighted by molar-refractivity contribution is 6.32. The molecule has 0 aromatic heterocycles. The van der Waals surface area contributed by atoms with Crippen LogP contribution in [-0.4, -0.2) is 36.4 Å². The minimum absolute atomic E-state index is 0.0309. The Morgan fingerprint density at radius 1 is 1.16 bits per heavy atom. The number of benzene rings is 2. The van der Waals surface area contributed by atoms with Crippen molar-refractivity contribution in [3.63, 3.8) is 0 Å². The molecule has 1 aliphatic rings. The van der Waals surface area contributed by atoms with Crippen LogP contribution in [0.5, 0.6) is 5.75 Å². The number of ether oxygens (including phenoxy) is 1. The molecular weight excluding hydrogens is 418 g/mol. The Bertz CT molecular complexity index is 1030. The Morgan fingerprint density at radius 2 is 1.81 bits per heavy atom. The summed E-state index contributed by atoms with van der Waals surface area (Å²) in [7, 11) is 1.49. The van der Waals surface area contributed by atoms with Gasteiger partial charge in [0.15, 0.2) is 0 Å². The number of nitrogens with one attached hydrogen (secondary N) is 2. The second-order valence-corrected chi connectivity index (χ2v) is 9.08. The van der Waals surface area contributed by atoms with Crippen LogP contribution >= 0.6 is 11.6 Å². The van der Waals surface area contributed by atoms with Gasteiger partial charge < -0.3 is 15.4 Å². The zero-order chi connectivity index (χ0) is 23.0. The van der Waals surface area contributed by atoms with Gasteiger partial charge in [-0.3, -0.25) is 14.5 Å². The van der Waals surface area contributed by atoms with E-state index in [0.717, 1.165) is 10.5 Å². The van der Waals surface area contributed by atoms with Gasteiger partial charge in [-0.15, -0.1) is 0 Å². The number of hydrogen-bond donors (Lipinski definition) is 2. The number of carbonyl (C=O) groups is 3. The van der Waals surface area contributed by atoms with Crippen LogP contribution < -0.4 is 15.4 Å². The summed E-state index contributed by atoms with van der Waals surface area (Å²) in [5.41, 5.74) is 0.937. The highest BCUT2D eigenvalue weighted by Gasteiger charge is 2.49. The molecule has 2 aromatic rings. The molecule has 2 aromatic carbocycles. The first-order valence-corrected chi connectivity index (χ1v) is 10.2. The molecule has 0 spiro atoms. The Morgan fingerprint density at radius 3 is 2.35 bits per heavy atom. The van der Waals surface area contributed by atoms with Crippen LogP contribution in [0, 0.1) is 0 Å². The summed E-state index contributed by atoms with van der Waals surface area (Å²) in [6.45, 7) is 7.53. The normalized spacial score (nSPS) is 18.7. The third-order valence-electron chi connectivity index (χ3n) is 5.34. The predicted octanol–water partition coefficient (Wildman–Crippen LogP) is 4.05. The monoisotopic (exact) mass is 443 g/mol. The first-order valence-electron chi connectivity index (χ1n) is 9.84. The van der Waals surface area contributed by atoms with E-state index < -0.39 is 29.9 Å². The molecule has 3 rings (SSSR count). The lowest BCUT2D eigenvalue weighted by Crippen LogP contribution is -2.42. The van der Waals surface area contributed by atoms with Crippen LogP contribution in [0.15, 0.2) is 42.5 Å². The second-order valence-electron chi connectivity index (χ2n) is 8.67. The Balaban J connectivity index is 1.73. The lowest BCUT2D eigenvalue weighted by atomic mass is 9.84. The number of rotatable bonds is 5. The van der Waals surface area contributed by atoms with Crippen LogP contribution in [0.2, 0.25) is 5.02 Å². The number of amides is 4. The molecule has 4 amide bonds. The molecule has 1 atom stereocenters. The van der Waals surface area contributed by atoms with Crippen molar-refractivity contribution in [2.45, 2.75) is 38.6 Å². The van der Waals surface area contributed by atoms with E-state index in [1.165, 1.54) is 13.2 Å². The van der Waals surface area contributed by atoms with Gasteiger partial charge in [-0.25, -0.2) is 4.79 Å². The van der Waals surface area contributed by atoms with Gasteiger partial charge in [0.2, 0.25) is 5.91 Å². The maximum absolute atomic E-state index is 13.1. The number of carbonyl (C=O) groups excluding carboxylic acids is 3. The van der Waals surface area contributed by atoms with Crippen LogP contribution in [0.3, 0.4) is 0 Å². The summed E-state index contributed by atoms with van der Waals surface area (Å²) in [5, 5.41) is 5.69. The molecule has 8 heteroatoms. The fourth-order valence-corrected chi connectivity index (χ4v) is 3.69. The van der Waals surface area contributed by atoms with E-state index in [-0.39, 0.29) is 5.41 Å². The topological polar surface area (TPSA) is 87.7 Å². The summed E-state index contributed by atoms with van der Waals surface area (Å²) < 4.78 is 5.08. The molecule has 1 fully saturated rings. The van der Waals surface area contributed by atoms with Crippen molar-refractivity contribution in [2.24, 2.45) is 0 Å². The maximum Gasteiger partial charge on any atom is 0.325 e.